The Morgan fingerprint density at radius 3 is 2.82 bits per heavy atom. The van der Waals surface area contributed by atoms with Crippen molar-refractivity contribution >= 4 is 35.3 Å². The summed E-state index contributed by atoms with van der Waals surface area (Å²) in [6.07, 6.45) is 4.81. The molecule has 0 aromatic carbocycles. The van der Waals surface area contributed by atoms with Gasteiger partial charge in [0.05, 0.1) is 31.9 Å². The van der Waals surface area contributed by atoms with Crippen molar-refractivity contribution in [2.75, 3.05) is 18.6 Å². The molecule has 0 spiro atoms. The van der Waals surface area contributed by atoms with Gasteiger partial charge in [-0.05, 0) is 18.2 Å². The van der Waals surface area contributed by atoms with Gasteiger partial charge in [0, 0.05) is 20.3 Å². The van der Waals surface area contributed by atoms with E-state index < -0.39 is 22.3 Å². The molecule has 0 aliphatic carbocycles. The van der Waals surface area contributed by atoms with Gasteiger partial charge in [0.15, 0.2) is 11.2 Å². The van der Waals surface area contributed by atoms with Gasteiger partial charge >= 0.3 is 11.6 Å². The molecule has 34 heavy (non-hydrogen) atoms. The summed E-state index contributed by atoms with van der Waals surface area (Å²) in [5.74, 6) is -0.0212. The highest BCUT2D eigenvalue weighted by atomic mass is 16.6. The van der Waals surface area contributed by atoms with Crippen molar-refractivity contribution in [2.45, 2.75) is 12.6 Å². The number of aryl methyl sites for hydroxylation is 1. The highest BCUT2D eigenvalue weighted by Crippen LogP contribution is 2.17. The Kier molecular flexibility index (Phi) is 7.55. The van der Waals surface area contributed by atoms with E-state index in [0.717, 1.165) is 4.57 Å². The van der Waals surface area contributed by atoms with Crippen LogP contribution in [0.2, 0.25) is 0 Å². The van der Waals surface area contributed by atoms with E-state index in [1.165, 1.54) is 53.7 Å². The summed E-state index contributed by atoms with van der Waals surface area (Å²) in [4.78, 5) is 39.4. The fourth-order valence-electron chi connectivity index (χ4n) is 3.07. The molecule has 3 rings (SSSR count). The summed E-state index contributed by atoms with van der Waals surface area (Å²) in [6.45, 7) is 3.71. The maximum absolute atomic E-state index is 12.8. The van der Waals surface area contributed by atoms with E-state index in [2.05, 4.69) is 22.1 Å². The van der Waals surface area contributed by atoms with Gasteiger partial charge in [-0.1, -0.05) is 6.08 Å². The normalized spacial score (nSPS) is 12.7. The maximum atomic E-state index is 12.8. The second-order valence-electron chi connectivity index (χ2n) is 7.09. The number of aromatic nitrogens is 4. The number of hydrogen-bond donors (Lipinski definition) is 2. The molecular formula is C20H23N7O7. The number of allylic oxidation sites excluding steroid dienone is 1. The molecule has 0 fully saturated rings. The molecule has 1 atom stereocenters. The molecule has 0 aliphatic rings. The zero-order chi connectivity index (χ0) is 24.8. The van der Waals surface area contributed by atoms with Gasteiger partial charge in [0.2, 0.25) is 5.95 Å². The average molecular weight is 473 g/mol. The molecule has 0 bridgehead atoms. The number of aliphatic hydroxyl groups excluding tert-OH is 1. The summed E-state index contributed by atoms with van der Waals surface area (Å²) in [5, 5.41) is 25.0. The Balaban J connectivity index is 1.88. The monoisotopic (exact) mass is 473 g/mol. The summed E-state index contributed by atoms with van der Waals surface area (Å²) in [5.41, 5.74) is 1.76. The summed E-state index contributed by atoms with van der Waals surface area (Å²) in [7, 11) is 2.82. The van der Waals surface area contributed by atoms with Crippen molar-refractivity contribution in [2.24, 2.45) is 19.2 Å². The van der Waals surface area contributed by atoms with E-state index in [-0.39, 0.29) is 48.5 Å². The lowest BCUT2D eigenvalue weighted by atomic mass is 10.3. The van der Waals surface area contributed by atoms with Crippen LogP contribution in [0.1, 0.15) is 5.76 Å². The SMILES string of the molecule is C=CCOC[C@@H](O)Cn1c(N/N=C\C=C\c2ccc([N+](=O)[O-])o2)nc2c1c(=O)n(C)c(=O)n2C. The third-order valence-electron chi connectivity index (χ3n) is 4.67. The van der Waals surface area contributed by atoms with Gasteiger partial charge in [-0.3, -0.25) is 24.0 Å². The average Bonchev–Trinajstić information content (AvgIpc) is 3.42. The molecule has 0 unspecified atom stereocenters. The van der Waals surface area contributed by atoms with Gasteiger partial charge in [-0.15, -0.1) is 6.58 Å². The quantitative estimate of drug-likeness (QED) is 0.133. The van der Waals surface area contributed by atoms with E-state index in [1.54, 1.807) is 6.08 Å². The van der Waals surface area contributed by atoms with Crippen LogP contribution in [0.5, 0.6) is 0 Å². The van der Waals surface area contributed by atoms with Crippen molar-refractivity contribution in [3.63, 3.8) is 0 Å². The molecule has 2 N–H and O–H groups in total. The van der Waals surface area contributed by atoms with Crippen molar-refractivity contribution in [3.05, 3.63) is 67.6 Å². The first-order chi connectivity index (χ1) is 16.2. The van der Waals surface area contributed by atoms with Gasteiger partial charge in [-0.2, -0.15) is 10.1 Å². The lowest BCUT2D eigenvalue weighted by Crippen LogP contribution is -2.38. The number of nitrogens with one attached hydrogen (secondary N) is 1. The van der Waals surface area contributed by atoms with E-state index in [0.29, 0.717) is 0 Å². The number of aliphatic hydroxyl groups is 1. The topological polar surface area (TPSA) is 172 Å². The number of hydrogen-bond acceptors (Lipinski definition) is 10. The Hall–Kier alpha value is -4.30. The first-order valence-corrected chi connectivity index (χ1v) is 9.97. The van der Waals surface area contributed by atoms with Crippen LogP contribution in [0.15, 0.2) is 50.0 Å². The summed E-state index contributed by atoms with van der Waals surface area (Å²) in [6, 6.07) is 2.66. The molecule has 0 aliphatic heterocycles. The fraction of sp³-hybridized carbons (Fsp3) is 0.300. The Morgan fingerprint density at radius 1 is 1.38 bits per heavy atom. The minimum Gasteiger partial charge on any atom is -0.401 e. The number of furan rings is 1. The number of imidazole rings is 1. The van der Waals surface area contributed by atoms with Gasteiger partial charge in [-0.25, -0.2) is 10.2 Å². The number of nitro groups is 1. The molecule has 0 radical (unpaired) electrons. The third kappa shape index (κ3) is 5.19. The molecule has 180 valence electrons. The van der Waals surface area contributed by atoms with Crippen LogP contribution in [0.25, 0.3) is 17.2 Å². The van der Waals surface area contributed by atoms with Crippen LogP contribution in [-0.2, 0) is 25.4 Å². The lowest BCUT2D eigenvalue weighted by Gasteiger charge is -2.14. The molecule has 0 saturated carbocycles. The standard InChI is InChI=1S/C20H23N7O7/c1-4-10-33-12-13(28)11-26-16-17(24(2)20(30)25(3)18(16)29)22-19(26)23-21-9-5-6-14-7-8-15(34-14)27(31)32/h4-9,13,28H,1,10-12H2,2-3H3,(H,22,23)/b6-5+,21-9-/t13-/m0/s1. The third-order valence-corrected chi connectivity index (χ3v) is 4.67. The minimum absolute atomic E-state index is 0.0154. The van der Waals surface area contributed by atoms with Crippen molar-refractivity contribution in [1.29, 1.82) is 0 Å². The number of hydrazone groups is 1. The van der Waals surface area contributed by atoms with Crippen LogP contribution in [0, 0.1) is 10.1 Å². The van der Waals surface area contributed by atoms with E-state index in [1.807, 2.05) is 0 Å². The van der Waals surface area contributed by atoms with Gasteiger partial charge < -0.3 is 18.8 Å². The molecule has 3 heterocycles. The van der Waals surface area contributed by atoms with Crippen LogP contribution >= 0.6 is 0 Å². The molecule has 0 saturated heterocycles. The highest BCUT2D eigenvalue weighted by Gasteiger charge is 2.21. The van der Waals surface area contributed by atoms with E-state index in [4.69, 9.17) is 9.15 Å². The second kappa shape index (κ2) is 10.5. The first kappa shape index (κ1) is 24.3. The van der Waals surface area contributed by atoms with Crippen molar-refractivity contribution in [3.8, 4) is 0 Å². The van der Waals surface area contributed by atoms with Gasteiger partial charge in [0.25, 0.3) is 5.56 Å². The van der Waals surface area contributed by atoms with Crippen molar-refractivity contribution < 1.29 is 19.2 Å². The zero-order valence-corrected chi connectivity index (χ0v) is 18.4. The number of rotatable bonds is 11. The van der Waals surface area contributed by atoms with Crippen LogP contribution in [-0.4, -0.2) is 54.2 Å². The number of fused-ring (bicyclic) bond motifs is 1. The van der Waals surface area contributed by atoms with Crippen molar-refractivity contribution in [1.82, 2.24) is 18.7 Å². The van der Waals surface area contributed by atoms with Gasteiger partial charge in [0.1, 0.15) is 10.7 Å². The molecule has 0 amide bonds. The predicted octanol–water partition coefficient (Wildman–Crippen LogP) is 0.609. The molecule has 14 nitrogen and oxygen atoms in total. The Labute approximate surface area is 191 Å². The largest absolute Gasteiger partial charge is 0.433 e. The maximum Gasteiger partial charge on any atom is 0.433 e. The Morgan fingerprint density at radius 2 is 2.15 bits per heavy atom. The van der Waals surface area contributed by atoms with E-state index >= 15 is 0 Å². The van der Waals surface area contributed by atoms with E-state index in [9.17, 15) is 24.8 Å². The molecule has 14 heteroatoms. The zero-order valence-electron chi connectivity index (χ0n) is 18.4. The van der Waals surface area contributed by atoms with Crippen LogP contribution < -0.4 is 16.7 Å². The Bertz CT molecular complexity index is 1380. The molecular weight excluding hydrogens is 450 g/mol. The number of anilines is 1. The first-order valence-electron chi connectivity index (χ1n) is 9.97. The smallest absolute Gasteiger partial charge is 0.401 e. The molecule has 3 aromatic rings. The summed E-state index contributed by atoms with van der Waals surface area (Å²) >= 11 is 0. The fourth-order valence-corrected chi connectivity index (χ4v) is 3.07. The van der Waals surface area contributed by atoms with Crippen LogP contribution in [0.3, 0.4) is 0 Å². The van der Waals surface area contributed by atoms with Crippen LogP contribution in [0.4, 0.5) is 11.8 Å². The molecule has 3 aromatic heterocycles. The number of nitrogens with zero attached hydrogens (tertiary/aromatic N) is 6. The highest BCUT2D eigenvalue weighted by molar-refractivity contribution is 5.79. The second-order valence-corrected chi connectivity index (χ2v) is 7.09. The lowest BCUT2D eigenvalue weighted by molar-refractivity contribution is -0.402. The predicted molar refractivity (Wildman–Crippen MR) is 124 cm³/mol. The number of ether oxygens (including phenoxy) is 1. The summed E-state index contributed by atoms with van der Waals surface area (Å²) < 4.78 is 13.8. The minimum atomic E-state index is -0.988.